The van der Waals surface area contributed by atoms with Crippen LogP contribution in [0.4, 0.5) is 10.9 Å². The van der Waals surface area contributed by atoms with E-state index in [-0.39, 0.29) is 5.92 Å². The highest BCUT2D eigenvalue weighted by atomic mass is 32.1. The van der Waals surface area contributed by atoms with Crippen LogP contribution in [-0.2, 0) is 6.42 Å². The van der Waals surface area contributed by atoms with E-state index in [9.17, 15) is 5.26 Å². The SMILES string of the molecule is N#Cc1c(N)sc2c1C(c1nc(-c3ccnc(N4CCCNCC4)n3)no1)CCC2. The molecule has 3 aromatic heterocycles. The summed E-state index contributed by atoms with van der Waals surface area (Å²) in [4.78, 5) is 17.1. The lowest BCUT2D eigenvalue weighted by molar-refractivity contribution is 0.355. The molecule has 154 valence electrons. The van der Waals surface area contributed by atoms with Crippen LogP contribution >= 0.6 is 11.3 Å². The molecular weight excluding hydrogens is 400 g/mol. The summed E-state index contributed by atoms with van der Waals surface area (Å²) in [5, 5.41) is 17.7. The van der Waals surface area contributed by atoms with Crippen molar-refractivity contribution in [1.29, 1.82) is 5.26 Å². The first-order valence-corrected chi connectivity index (χ1v) is 11.0. The molecule has 1 saturated heterocycles. The number of nitrogens with two attached hydrogens (primary N) is 1. The van der Waals surface area contributed by atoms with Gasteiger partial charge in [-0.05, 0) is 43.9 Å². The standard InChI is InChI=1S/C20H22N8OS/c21-11-13-16-12(3-1-4-15(16)30-17(13)22)19-26-18(27-29-19)14-5-7-24-20(25-14)28-9-2-6-23-8-10-28/h5,7,12,23H,1-4,6,8-10,22H2. The number of nitriles is 1. The van der Waals surface area contributed by atoms with Crippen LogP contribution in [-0.4, -0.2) is 46.3 Å². The number of rotatable bonds is 3. The minimum absolute atomic E-state index is 0.101. The molecule has 0 spiro atoms. The molecule has 1 unspecified atom stereocenters. The topological polar surface area (TPSA) is 130 Å². The summed E-state index contributed by atoms with van der Waals surface area (Å²) in [6.45, 7) is 3.69. The van der Waals surface area contributed by atoms with Crippen molar-refractivity contribution in [2.75, 3.05) is 36.8 Å². The van der Waals surface area contributed by atoms with Crippen LogP contribution in [0, 0.1) is 11.3 Å². The van der Waals surface area contributed by atoms with Gasteiger partial charge in [-0.3, -0.25) is 0 Å². The number of nitrogens with one attached hydrogen (secondary N) is 1. The molecule has 1 aliphatic carbocycles. The Labute approximate surface area is 177 Å². The second kappa shape index (κ2) is 8.01. The first-order chi connectivity index (χ1) is 14.7. The summed E-state index contributed by atoms with van der Waals surface area (Å²) in [6.07, 6.45) is 5.58. The zero-order valence-corrected chi connectivity index (χ0v) is 17.3. The third-order valence-corrected chi connectivity index (χ3v) is 6.74. The monoisotopic (exact) mass is 422 g/mol. The van der Waals surface area contributed by atoms with Crippen molar-refractivity contribution in [2.24, 2.45) is 0 Å². The molecule has 10 heteroatoms. The number of hydrogen-bond donors (Lipinski definition) is 2. The van der Waals surface area contributed by atoms with E-state index in [2.05, 4.69) is 36.4 Å². The maximum atomic E-state index is 9.57. The molecule has 9 nitrogen and oxygen atoms in total. The molecule has 0 saturated carbocycles. The molecule has 1 atom stereocenters. The highest BCUT2D eigenvalue weighted by Crippen LogP contribution is 2.44. The van der Waals surface area contributed by atoms with Crippen molar-refractivity contribution in [3.05, 3.63) is 34.2 Å². The highest BCUT2D eigenvalue weighted by Gasteiger charge is 2.32. The van der Waals surface area contributed by atoms with Crippen molar-refractivity contribution >= 4 is 22.3 Å². The number of aryl methyl sites for hydroxylation is 1. The fourth-order valence-corrected chi connectivity index (χ4v) is 5.31. The molecular formula is C20H22N8OS. The molecule has 2 aliphatic rings. The largest absolute Gasteiger partial charge is 0.389 e. The first-order valence-electron chi connectivity index (χ1n) is 10.2. The molecule has 30 heavy (non-hydrogen) atoms. The Kier molecular flexibility index (Phi) is 5.06. The van der Waals surface area contributed by atoms with Crippen molar-refractivity contribution in [1.82, 2.24) is 25.4 Å². The van der Waals surface area contributed by atoms with Crippen LogP contribution in [0.15, 0.2) is 16.8 Å². The Hall–Kier alpha value is -3.03. The average molecular weight is 423 g/mol. The van der Waals surface area contributed by atoms with E-state index in [1.54, 1.807) is 12.3 Å². The number of anilines is 2. The van der Waals surface area contributed by atoms with E-state index in [4.69, 9.17) is 10.3 Å². The third-order valence-electron chi connectivity index (χ3n) is 5.64. The maximum absolute atomic E-state index is 9.57. The Balaban J connectivity index is 1.45. The van der Waals surface area contributed by atoms with Crippen LogP contribution in [0.2, 0.25) is 0 Å². The molecule has 3 aromatic rings. The summed E-state index contributed by atoms with van der Waals surface area (Å²) in [7, 11) is 0. The smallest absolute Gasteiger partial charge is 0.234 e. The van der Waals surface area contributed by atoms with Gasteiger partial charge >= 0.3 is 0 Å². The molecule has 0 bridgehead atoms. The first kappa shape index (κ1) is 19.0. The maximum Gasteiger partial charge on any atom is 0.234 e. The summed E-state index contributed by atoms with van der Waals surface area (Å²) >= 11 is 1.50. The second-order valence-electron chi connectivity index (χ2n) is 7.52. The van der Waals surface area contributed by atoms with Gasteiger partial charge < -0.3 is 20.5 Å². The summed E-state index contributed by atoms with van der Waals surface area (Å²) in [5.74, 6) is 1.53. The van der Waals surface area contributed by atoms with E-state index in [0.717, 1.165) is 62.3 Å². The Morgan fingerprint density at radius 1 is 1.27 bits per heavy atom. The molecule has 0 radical (unpaired) electrons. The van der Waals surface area contributed by atoms with E-state index in [1.165, 1.54) is 11.3 Å². The zero-order chi connectivity index (χ0) is 20.5. The van der Waals surface area contributed by atoms with Crippen LogP contribution in [0.1, 0.15) is 47.1 Å². The Bertz CT molecular complexity index is 1090. The van der Waals surface area contributed by atoms with Crippen LogP contribution < -0.4 is 16.0 Å². The van der Waals surface area contributed by atoms with Gasteiger partial charge in [-0.25, -0.2) is 9.97 Å². The van der Waals surface area contributed by atoms with Crippen molar-refractivity contribution in [3.8, 4) is 17.6 Å². The number of thiophene rings is 1. The fourth-order valence-electron chi connectivity index (χ4n) is 4.19. The fraction of sp³-hybridized carbons (Fsp3) is 0.450. The van der Waals surface area contributed by atoms with Crippen molar-refractivity contribution in [2.45, 2.75) is 31.6 Å². The predicted molar refractivity (Wildman–Crippen MR) is 113 cm³/mol. The lowest BCUT2D eigenvalue weighted by Gasteiger charge is -2.19. The van der Waals surface area contributed by atoms with Crippen LogP contribution in [0.5, 0.6) is 0 Å². The molecule has 3 N–H and O–H groups in total. The van der Waals surface area contributed by atoms with Gasteiger partial charge in [0.05, 0.1) is 11.5 Å². The highest BCUT2D eigenvalue weighted by molar-refractivity contribution is 7.16. The lowest BCUT2D eigenvalue weighted by atomic mass is 9.85. The Morgan fingerprint density at radius 2 is 2.20 bits per heavy atom. The van der Waals surface area contributed by atoms with E-state index in [1.807, 2.05) is 0 Å². The van der Waals surface area contributed by atoms with Gasteiger partial charge in [-0.1, -0.05) is 5.16 Å². The number of nitrogen functional groups attached to an aromatic ring is 1. The molecule has 0 amide bonds. The lowest BCUT2D eigenvalue weighted by Crippen LogP contribution is -2.29. The molecule has 1 aliphatic heterocycles. The quantitative estimate of drug-likeness (QED) is 0.653. The summed E-state index contributed by atoms with van der Waals surface area (Å²) < 4.78 is 5.64. The van der Waals surface area contributed by atoms with Gasteiger partial charge in [0.1, 0.15) is 16.8 Å². The van der Waals surface area contributed by atoms with Gasteiger partial charge in [-0.2, -0.15) is 10.2 Å². The second-order valence-corrected chi connectivity index (χ2v) is 8.66. The van der Waals surface area contributed by atoms with E-state index in [0.29, 0.717) is 33.9 Å². The minimum atomic E-state index is -0.101. The summed E-state index contributed by atoms with van der Waals surface area (Å²) in [5.41, 5.74) is 8.22. The molecule has 5 rings (SSSR count). The molecule has 4 heterocycles. The van der Waals surface area contributed by atoms with Gasteiger partial charge in [0, 0.05) is 30.7 Å². The van der Waals surface area contributed by atoms with Crippen LogP contribution in [0.25, 0.3) is 11.5 Å². The van der Waals surface area contributed by atoms with Gasteiger partial charge in [0.15, 0.2) is 0 Å². The summed E-state index contributed by atoms with van der Waals surface area (Å²) in [6, 6.07) is 4.05. The average Bonchev–Trinajstić information content (AvgIpc) is 3.28. The zero-order valence-electron chi connectivity index (χ0n) is 16.5. The number of nitrogens with zero attached hydrogens (tertiary/aromatic N) is 6. The van der Waals surface area contributed by atoms with Gasteiger partial charge in [0.25, 0.3) is 0 Å². The minimum Gasteiger partial charge on any atom is -0.389 e. The molecule has 0 aromatic carbocycles. The van der Waals surface area contributed by atoms with Crippen molar-refractivity contribution < 1.29 is 4.52 Å². The van der Waals surface area contributed by atoms with Gasteiger partial charge in [-0.15, -0.1) is 11.3 Å². The molecule has 1 fully saturated rings. The number of aromatic nitrogens is 4. The van der Waals surface area contributed by atoms with Crippen molar-refractivity contribution in [3.63, 3.8) is 0 Å². The van der Waals surface area contributed by atoms with E-state index < -0.39 is 0 Å². The Morgan fingerprint density at radius 3 is 3.10 bits per heavy atom. The normalized spacial score (nSPS) is 19.2. The van der Waals surface area contributed by atoms with Gasteiger partial charge in [0.2, 0.25) is 17.7 Å². The van der Waals surface area contributed by atoms with E-state index >= 15 is 0 Å². The number of hydrogen-bond acceptors (Lipinski definition) is 10. The van der Waals surface area contributed by atoms with Crippen LogP contribution in [0.3, 0.4) is 0 Å². The predicted octanol–water partition coefficient (Wildman–Crippen LogP) is 2.31. The number of fused-ring (bicyclic) bond motifs is 1. The third kappa shape index (κ3) is 3.40.